The van der Waals surface area contributed by atoms with E-state index in [1.165, 1.54) is 6.07 Å². The summed E-state index contributed by atoms with van der Waals surface area (Å²) in [6.45, 7) is 1.79. The van der Waals surface area contributed by atoms with Gasteiger partial charge in [-0.05, 0) is 24.1 Å². The van der Waals surface area contributed by atoms with Crippen LogP contribution in [0.2, 0.25) is 5.02 Å². The van der Waals surface area contributed by atoms with Gasteiger partial charge >= 0.3 is 11.9 Å². The molecule has 0 fully saturated rings. The first-order valence-electron chi connectivity index (χ1n) is 4.62. The van der Waals surface area contributed by atoms with E-state index in [2.05, 4.69) is 0 Å². The molecule has 1 unspecified atom stereocenters. The van der Waals surface area contributed by atoms with Crippen molar-refractivity contribution in [3.8, 4) is 0 Å². The summed E-state index contributed by atoms with van der Waals surface area (Å²) in [7, 11) is 0. The number of benzene rings is 1. The van der Waals surface area contributed by atoms with Crippen LogP contribution < -0.4 is 0 Å². The molecule has 5 heteroatoms. The Morgan fingerprint density at radius 2 is 2.00 bits per heavy atom. The molecular weight excluding hydrogens is 232 g/mol. The predicted octanol–water partition coefficient (Wildman–Crippen LogP) is 2.29. The highest BCUT2D eigenvalue weighted by Gasteiger charge is 2.23. The SMILES string of the molecule is Cc1ccc(C(CC(=O)O)C(=O)O)cc1Cl. The summed E-state index contributed by atoms with van der Waals surface area (Å²) in [6, 6.07) is 4.76. The molecule has 0 aliphatic heterocycles. The average molecular weight is 243 g/mol. The molecule has 0 spiro atoms. The van der Waals surface area contributed by atoms with Gasteiger partial charge in [0.15, 0.2) is 0 Å². The van der Waals surface area contributed by atoms with Crippen molar-refractivity contribution in [2.75, 3.05) is 0 Å². The lowest BCUT2D eigenvalue weighted by atomic mass is 9.95. The van der Waals surface area contributed by atoms with E-state index in [1.54, 1.807) is 19.1 Å². The summed E-state index contributed by atoms with van der Waals surface area (Å²) in [4.78, 5) is 21.5. The average Bonchev–Trinajstić information content (AvgIpc) is 2.18. The maximum atomic E-state index is 10.9. The van der Waals surface area contributed by atoms with Crippen molar-refractivity contribution in [3.05, 3.63) is 34.3 Å². The molecular formula is C11H11ClO4. The Hall–Kier alpha value is -1.55. The lowest BCUT2D eigenvalue weighted by Gasteiger charge is -2.11. The summed E-state index contributed by atoms with van der Waals surface area (Å²) in [6.07, 6.45) is -0.450. The minimum absolute atomic E-state index is 0.408. The molecule has 0 saturated carbocycles. The maximum Gasteiger partial charge on any atom is 0.311 e. The summed E-state index contributed by atoms with van der Waals surface area (Å²) >= 11 is 5.86. The quantitative estimate of drug-likeness (QED) is 0.850. The second kappa shape index (κ2) is 4.99. The molecule has 0 saturated heterocycles. The molecule has 0 radical (unpaired) electrons. The summed E-state index contributed by atoms with van der Waals surface area (Å²) < 4.78 is 0. The standard InChI is InChI=1S/C11H11ClO4/c1-6-2-3-7(4-9(6)12)8(11(15)16)5-10(13)14/h2-4,8H,5H2,1H3,(H,13,14)(H,15,16). The normalized spacial score (nSPS) is 12.1. The van der Waals surface area contributed by atoms with Crippen molar-refractivity contribution < 1.29 is 19.8 Å². The van der Waals surface area contributed by atoms with Gasteiger partial charge in [-0.25, -0.2) is 0 Å². The van der Waals surface area contributed by atoms with Crippen LogP contribution in [0.15, 0.2) is 18.2 Å². The number of halogens is 1. The van der Waals surface area contributed by atoms with Crippen LogP contribution in [-0.2, 0) is 9.59 Å². The zero-order valence-electron chi connectivity index (χ0n) is 8.61. The number of rotatable bonds is 4. The highest BCUT2D eigenvalue weighted by atomic mass is 35.5. The molecule has 1 aromatic carbocycles. The lowest BCUT2D eigenvalue weighted by Crippen LogP contribution is -2.15. The van der Waals surface area contributed by atoms with E-state index >= 15 is 0 Å². The Labute approximate surface area is 97.5 Å². The molecule has 1 atom stereocenters. The Morgan fingerprint density at radius 1 is 1.38 bits per heavy atom. The predicted molar refractivity (Wildman–Crippen MR) is 58.8 cm³/mol. The number of carbonyl (C=O) groups is 2. The van der Waals surface area contributed by atoms with Crippen LogP contribution in [0, 0.1) is 6.92 Å². The van der Waals surface area contributed by atoms with Crippen LogP contribution in [0.5, 0.6) is 0 Å². The van der Waals surface area contributed by atoms with E-state index < -0.39 is 24.3 Å². The van der Waals surface area contributed by atoms with Gasteiger partial charge in [0.05, 0.1) is 12.3 Å². The molecule has 4 nitrogen and oxygen atoms in total. The fraction of sp³-hybridized carbons (Fsp3) is 0.273. The number of aryl methyl sites for hydroxylation is 1. The number of hydrogen-bond acceptors (Lipinski definition) is 2. The molecule has 0 aliphatic carbocycles. The number of carboxylic acid groups (broad SMARTS) is 2. The van der Waals surface area contributed by atoms with Gasteiger partial charge in [0, 0.05) is 5.02 Å². The van der Waals surface area contributed by atoms with Crippen molar-refractivity contribution in [3.63, 3.8) is 0 Å². The minimum Gasteiger partial charge on any atom is -0.481 e. The molecule has 1 aromatic rings. The van der Waals surface area contributed by atoms with Gasteiger partial charge in [-0.3, -0.25) is 9.59 Å². The maximum absolute atomic E-state index is 10.9. The number of carboxylic acids is 2. The van der Waals surface area contributed by atoms with Gasteiger partial charge in [-0.2, -0.15) is 0 Å². The Morgan fingerprint density at radius 3 is 2.44 bits per heavy atom. The largest absolute Gasteiger partial charge is 0.481 e. The second-order valence-electron chi connectivity index (χ2n) is 3.50. The van der Waals surface area contributed by atoms with E-state index in [0.29, 0.717) is 10.6 Å². The fourth-order valence-electron chi connectivity index (χ4n) is 1.35. The van der Waals surface area contributed by atoms with Crippen molar-refractivity contribution in [2.24, 2.45) is 0 Å². The monoisotopic (exact) mass is 242 g/mol. The van der Waals surface area contributed by atoms with Crippen molar-refractivity contribution in [1.29, 1.82) is 0 Å². The van der Waals surface area contributed by atoms with E-state index in [1.807, 2.05) is 0 Å². The molecule has 0 aliphatic rings. The smallest absolute Gasteiger partial charge is 0.311 e. The third-order valence-corrected chi connectivity index (χ3v) is 2.68. The Kier molecular flexibility index (Phi) is 3.90. The van der Waals surface area contributed by atoms with Crippen LogP contribution in [0.25, 0.3) is 0 Å². The minimum atomic E-state index is -1.16. The molecule has 86 valence electrons. The second-order valence-corrected chi connectivity index (χ2v) is 3.90. The zero-order valence-corrected chi connectivity index (χ0v) is 9.36. The van der Waals surface area contributed by atoms with E-state index in [0.717, 1.165) is 5.56 Å². The van der Waals surface area contributed by atoms with Crippen molar-refractivity contribution >= 4 is 23.5 Å². The highest BCUT2D eigenvalue weighted by molar-refractivity contribution is 6.31. The van der Waals surface area contributed by atoms with Gasteiger partial charge in [-0.15, -0.1) is 0 Å². The first-order valence-corrected chi connectivity index (χ1v) is 5.00. The molecule has 16 heavy (non-hydrogen) atoms. The topological polar surface area (TPSA) is 74.6 Å². The Bertz CT molecular complexity index is 428. The summed E-state index contributed by atoms with van der Waals surface area (Å²) in [5, 5.41) is 18.0. The third kappa shape index (κ3) is 2.97. The Balaban J connectivity index is 3.06. The fourth-order valence-corrected chi connectivity index (χ4v) is 1.54. The van der Waals surface area contributed by atoms with Gasteiger partial charge in [0.2, 0.25) is 0 Å². The van der Waals surface area contributed by atoms with E-state index in [4.69, 9.17) is 21.8 Å². The lowest BCUT2D eigenvalue weighted by molar-refractivity contribution is -0.145. The highest BCUT2D eigenvalue weighted by Crippen LogP contribution is 2.25. The first kappa shape index (κ1) is 12.5. The van der Waals surface area contributed by atoms with Crippen LogP contribution >= 0.6 is 11.6 Å². The molecule has 0 heterocycles. The molecule has 2 N–H and O–H groups in total. The molecule has 0 amide bonds. The van der Waals surface area contributed by atoms with Crippen LogP contribution in [-0.4, -0.2) is 22.2 Å². The first-order chi connectivity index (χ1) is 7.41. The molecule has 0 bridgehead atoms. The zero-order chi connectivity index (χ0) is 12.3. The molecule has 1 rings (SSSR count). The third-order valence-electron chi connectivity index (χ3n) is 2.28. The van der Waals surface area contributed by atoms with Crippen LogP contribution in [0.1, 0.15) is 23.5 Å². The van der Waals surface area contributed by atoms with Crippen molar-refractivity contribution in [1.82, 2.24) is 0 Å². The van der Waals surface area contributed by atoms with E-state index in [-0.39, 0.29) is 0 Å². The van der Waals surface area contributed by atoms with Crippen molar-refractivity contribution in [2.45, 2.75) is 19.3 Å². The summed E-state index contributed by atoms with van der Waals surface area (Å²) in [5.74, 6) is -3.37. The van der Waals surface area contributed by atoms with Gasteiger partial charge in [-0.1, -0.05) is 23.7 Å². The van der Waals surface area contributed by atoms with Gasteiger partial charge in [0.25, 0.3) is 0 Å². The van der Waals surface area contributed by atoms with Gasteiger partial charge in [0.1, 0.15) is 0 Å². The summed E-state index contributed by atoms with van der Waals surface area (Å²) in [5.41, 5.74) is 1.23. The number of aliphatic carboxylic acids is 2. The van der Waals surface area contributed by atoms with Crippen LogP contribution in [0.4, 0.5) is 0 Å². The molecule has 0 aromatic heterocycles. The van der Waals surface area contributed by atoms with Crippen LogP contribution in [0.3, 0.4) is 0 Å². The number of hydrogen-bond donors (Lipinski definition) is 2. The van der Waals surface area contributed by atoms with E-state index in [9.17, 15) is 9.59 Å². The van der Waals surface area contributed by atoms with Gasteiger partial charge < -0.3 is 10.2 Å².